The van der Waals surface area contributed by atoms with Crippen LogP contribution in [0.25, 0.3) is 11.2 Å². The third kappa shape index (κ3) is 3.80. The summed E-state index contributed by atoms with van der Waals surface area (Å²) in [5.41, 5.74) is 1.59. The van der Waals surface area contributed by atoms with Crippen molar-refractivity contribution < 1.29 is 14.0 Å². The van der Waals surface area contributed by atoms with Gasteiger partial charge in [0.1, 0.15) is 18.1 Å². The van der Waals surface area contributed by atoms with Gasteiger partial charge in [-0.3, -0.25) is 0 Å². The lowest BCUT2D eigenvalue weighted by atomic mass is 10.6. The average molecular weight is 227 g/mol. The molecule has 0 saturated carbocycles. The lowest BCUT2D eigenvalue weighted by Gasteiger charge is -1.80. The summed E-state index contributed by atoms with van der Waals surface area (Å²) in [5.74, 6) is 0. The van der Waals surface area contributed by atoms with Crippen LogP contribution >= 0.6 is 8.25 Å². The molecule has 2 aromatic rings. The standard InChI is InChI=1S/C5H4N4.C2H3O3P/c1-4-5(8-2-6-1)9-3-7-4;1-2-5-6(3)4/h1-3H,(H,6,7,8,9);2H,1H2/p+1. The molecule has 0 spiro atoms. The van der Waals surface area contributed by atoms with E-state index in [0.29, 0.717) is 5.65 Å². The number of H-pyrrole nitrogens is 1. The molecule has 2 N–H and O–H groups in total. The molecule has 15 heavy (non-hydrogen) atoms. The molecule has 2 aromatic heterocycles. The van der Waals surface area contributed by atoms with E-state index in [0.717, 1.165) is 11.8 Å². The second-order valence-electron chi connectivity index (χ2n) is 2.17. The summed E-state index contributed by atoms with van der Waals surface area (Å²) in [7, 11) is -2.47. The zero-order chi connectivity index (χ0) is 11.1. The summed E-state index contributed by atoms with van der Waals surface area (Å²) in [6.45, 7) is 3.03. The number of imidazole rings is 1. The first-order valence-corrected chi connectivity index (χ1v) is 4.90. The van der Waals surface area contributed by atoms with Gasteiger partial charge in [0, 0.05) is 4.57 Å². The maximum absolute atomic E-state index is 9.45. The molecule has 0 saturated heterocycles. The fourth-order valence-electron chi connectivity index (χ4n) is 0.755. The number of aromatic amines is 1. The summed E-state index contributed by atoms with van der Waals surface area (Å²) >= 11 is 0. The third-order valence-corrected chi connectivity index (χ3v) is 1.59. The number of rotatable bonds is 2. The Kier molecular flexibility index (Phi) is 4.33. The highest BCUT2D eigenvalue weighted by Crippen LogP contribution is 2.12. The molecule has 0 fully saturated rings. The predicted octanol–water partition coefficient (Wildman–Crippen LogP) is 1.15. The van der Waals surface area contributed by atoms with Crippen LogP contribution in [0.1, 0.15) is 0 Å². The molecule has 2 rings (SSSR count). The molecule has 7 nitrogen and oxygen atoms in total. The quantitative estimate of drug-likeness (QED) is 0.589. The first-order valence-electron chi connectivity index (χ1n) is 3.77. The van der Waals surface area contributed by atoms with E-state index < -0.39 is 8.25 Å². The lowest BCUT2D eigenvalue weighted by Crippen LogP contribution is -1.76. The molecule has 0 aliphatic carbocycles. The Hall–Kier alpha value is -1.85. The Labute approximate surface area is 85.8 Å². The largest absolute Gasteiger partial charge is 0.746 e. The van der Waals surface area contributed by atoms with Crippen LogP contribution < -0.4 is 0 Å². The minimum Gasteiger partial charge on any atom is -0.342 e. The molecule has 0 amide bonds. The van der Waals surface area contributed by atoms with Crippen molar-refractivity contribution in [3.05, 3.63) is 31.7 Å². The Balaban J connectivity index is 0.000000167. The topological polar surface area (TPSA) is 101 Å². The average Bonchev–Trinajstić information content (AvgIpc) is 2.65. The first-order chi connectivity index (χ1) is 7.24. The van der Waals surface area contributed by atoms with Crippen molar-refractivity contribution >= 4 is 19.4 Å². The van der Waals surface area contributed by atoms with Gasteiger partial charge in [-0.1, -0.05) is 6.58 Å². The van der Waals surface area contributed by atoms with Gasteiger partial charge in [-0.05, 0) is 0 Å². The predicted molar refractivity (Wildman–Crippen MR) is 52.8 cm³/mol. The molecule has 78 valence electrons. The van der Waals surface area contributed by atoms with Gasteiger partial charge in [0.2, 0.25) is 0 Å². The zero-order valence-electron chi connectivity index (χ0n) is 7.57. The molecule has 0 aliphatic heterocycles. The van der Waals surface area contributed by atoms with Crippen molar-refractivity contribution in [3.8, 4) is 0 Å². The number of nitrogens with zero attached hydrogens (tertiary/aromatic N) is 3. The van der Waals surface area contributed by atoms with Crippen LogP contribution in [0, 0.1) is 0 Å². The fourth-order valence-corrected chi connectivity index (χ4v) is 0.882. The van der Waals surface area contributed by atoms with E-state index in [1.807, 2.05) is 0 Å². The molecular weight excluding hydrogens is 219 g/mol. The minimum atomic E-state index is -2.47. The third-order valence-electron chi connectivity index (χ3n) is 1.26. The van der Waals surface area contributed by atoms with Crippen LogP contribution in [0.5, 0.6) is 0 Å². The van der Waals surface area contributed by atoms with Gasteiger partial charge in [0.15, 0.2) is 5.65 Å². The molecule has 1 unspecified atom stereocenters. The van der Waals surface area contributed by atoms with Gasteiger partial charge in [0.25, 0.3) is 0 Å². The minimum absolute atomic E-state index is 0.713. The number of fused-ring (bicyclic) bond motifs is 1. The number of aromatic nitrogens is 4. The highest BCUT2D eigenvalue weighted by atomic mass is 31.1. The highest BCUT2D eigenvalue weighted by molar-refractivity contribution is 7.32. The Bertz CT molecular complexity index is 428. The van der Waals surface area contributed by atoms with Gasteiger partial charge < -0.3 is 4.98 Å². The van der Waals surface area contributed by atoms with E-state index in [1.54, 1.807) is 12.5 Å². The molecule has 2 heterocycles. The normalized spacial score (nSPS) is 10.1. The second kappa shape index (κ2) is 5.79. The summed E-state index contributed by atoms with van der Waals surface area (Å²) in [6, 6.07) is 0. The van der Waals surface area contributed by atoms with Crippen LogP contribution in [0.3, 0.4) is 0 Å². The second-order valence-corrected chi connectivity index (χ2v) is 2.86. The SMILES string of the molecule is C=CO[P+](=O)O.c1ncc2[nH]cnc2n1. The molecular formula is C7H8N4O3P+. The van der Waals surface area contributed by atoms with Crippen molar-refractivity contribution in [1.29, 1.82) is 0 Å². The van der Waals surface area contributed by atoms with Gasteiger partial charge in [-0.2, -0.15) is 0 Å². The van der Waals surface area contributed by atoms with Crippen LogP contribution in [0.2, 0.25) is 0 Å². The Morgan fingerprint density at radius 3 is 2.93 bits per heavy atom. The lowest BCUT2D eigenvalue weighted by molar-refractivity contribution is 0.379. The fraction of sp³-hybridized carbons (Fsp3) is 0. The molecule has 8 heteroatoms. The molecule has 0 aromatic carbocycles. The van der Waals surface area contributed by atoms with Crippen molar-refractivity contribution in [3.63, 3.8) is 0 Å². The van der Waals surface area contributed by atoms with E-state index in [-0.39, 0.29) is 0 Å². The van der Waals surface area contributed by atoms with E-state index in [9.17, 15) is 4.57 Å². The number of hydrogen-bond acceptors (Lipinski definition) is 5. The highest BCUT2D eigenvalue weighted by Gasteiger charge is 2.05. The molecule has 0 aliphatic rings. The van der Waals surface area contributed by atoms with Gasteiger partial charge in [0.05, 0.1) is 12.5 Å². The van der Waals surface area contributed by atoms with E-state index >= 15 is 0 Å². The zero-order valence-corrected chi connectivity index (χ0v) is 8.46. The smallest absolute Gasteiger partial charge is 0.342 e. The van der Waals surface area contributed by atoms with Crippen LogP contribution in [0.15, 0.2) is 31.7 Å². The first kappa shape index (κ1) is 11.2. The van der Waals surface area contributed by atoms with Gasteiger partial charge in [-0.15, -0.1) is 4.89 Å². The van der Waals surface area contributed by atoms with Crippen molar-refractivity contribution in [2.75, 3.05) is 0 Å². The van der Waals surface area contributed by atoms with Gasteiger partial charge >= 0.3 is 8.25 Å². The monoisotopic (exact) mass is 227 g/mol. The van der Waals surface area contributed by atoms with Crippen LogP contribution in [0.4, 0.5) is 0 Å². The van der Waals surface area contributed by atoms with E-state index in [1.165, 1.54) is 6.33 Å². The summed E-state index contributed by atoms with van der Waals surface area (Å²) < 4.78 is 13.3. The summed E-state index contributed by atoms with van der Waals surface area (Å²) in [4.78, 5) is 22.3. The Morgan fingerprint density at radius 1 is 1.60 bits per heavy atom. The van der Waals surface area contributed by atoms with Crippen molar-refractivity contribution in [2.24, 2.45) is 0 Å². The van der Waals surface area contributed by atoms with Crippen molar-refractivity contribution in [1.82, 2.24) is 19.9 Å². The number of nitrogens with one attached hydrogen (secondary N) is 1. The Morgan fingerprint density at radius 2 is 2.40 bits per heavy atom. The van der Waals surface area contributed by atoms with Crippen LogP contribution in [-0.4, -0.2) is 24.8 Å². The number of hydrogen-bond donors (Lipinski definition) is 2. The molecule has 1 atom stereocenters. The summed E-state index contributed by atoms with van der Waals surface area (Å²) in [5, 5.41) is 0. The van der Waals surface area contributed by atoms with Gasteiger partial charge in [-0.25, -0.2) is 19.5 Å². The van der Waals surface area contributed by atoms with E-state index in [2.05, 4.69) is 31.0 Å². The van der Waals surface area contributed by atoms with E-state index in [4.69, 9.17) is 4.89 Å². The maximum atomic E-state index is 9.45. The van der Waals surface area contributed by atoms with Crippen LogP contribution in [-0.2, 0) is 9.09 Å². The summed E-state index contributed by atoms with van der Waals surface area (Å²) in [6.07, 6.45) is 5.68. The molecule has 0 bridgehead atoms. The maximum Gasteiger partial charge on any atom is 0.746 e. The molecule has 0 radical (unpaired) electrons. The van der Waals surface area contributed by atoms with Crippen molar-refractivity contribution in [2.45, 2.75) is 0 Å².